The van der Waals surface area contributed by atoms with Gasteiger partial charge in [-0.15, -0.1) is 11.3 Å². The minimum absolute atomic E-state index is 0.313. The predicted octanol–water partition coefficient (Wildman–Crippen LogP) is 1.22. The van der Waals surface area contributed by atoms with Crippen molar-refractivity contribution in [3.63, 3.8) is 0 Å². The number of rotatable bonds is 3. The van der Waals surface area contributed by atoms with Crippen molar-refractivity contribution in [1.29, 1.82) is 0 Å². The molecule has 0 aliphatic heterocycles. The Bertz CT molecular complexity index is 763. The number of nitrogen functional groups attached to an aromatic ring is 1. The van der Waals surface area contributed by atoms with Crippen LogP contribution in [0.25, 0.3) is 11.2 Å². The lowest BCUT2D eigenvalue weighted by Crippen LogP contribution is -1.99. The van der Waals surface area contributed by atoms with Gasteiger partial charge in [0.2, 0.25) is 0 Å². The van der Waals surface area contributed by atoms with Crippen molar-refractivity contribution in [2.75, 3.05) is 5.73 Å². The Morgan fingerprint density at radius 3 is 2.95 bits per heavy atom. The van der Waals surface area contributed by atoms with E-state index in [4.69, 9.17) is 10.8 Å². The fraction of sp³-hybridized carbons (Fsp3) is 0.0909. The van der Waals surface area contributed by atoms with E-state index in [1.807, 2.05) is 4.57 Å². The Morgan fingerprint density at radius 2 is 2.21 bits per heavy atom. The molecule has 0 saturated heterocycles. The minimum Gasteiger partial charge on any atom is -0.477 e. The van der Waals surface area contributed by atoms with Gasteiger partial charge in [-0.1, -0.05) is 0 Å². The molecule has 3 heterocycles. The smallest absolute Gasteiger partial charge is 0.345 e. The fourth-order valence-electron chi connectivity index (χ4n) is 1.76. The molecule has 0 amide bonds. The highest BCUT2D eigenvalue weighted by molar-refractivity contribution is 7.13. The summed E-state index contributed by atoms with van der Waals surface area (Å²) in [6.07, 6.45) is 3.00. The molecule has 0 atom stereocenters. The van der Waals surface area contributed by atoms with Gasteiger partial charge in [-0.05, 0) is 12.1 Å². The molecular weight excluding hydrogens is 266 g/mol. The third-order valence-corrected chi connectivity index (χ3v) is 3.69. The second-order valence-electron chi connectivity index (χ2n) is 3.87. The molecule has 0 unspecified atom stereocenters. The molecule has 3 aromatic rings. The molecule has 3 aromatic heterocycles. The maximum atomic E-state index is 10.8. The summed E-state index contributed by atoms with van der Waals surface area (Å²) < 4.78 is 1.81. The standard InChI is InChI=1S/C11H9N5O2S/c12-9-8-10(14-4-13-9)16(5-15-8)3-6-1-2-7(19-6)11(17)18/h1-2,4-5H,3H2,(H,17,18)(H2,12,13,14). The third kappa shape index (κ3) is 2.02. The molecule has 0 fully saturated rings. The van der Waals surface area contributed by atoms with E-state index in [9.17, 15) is 4.79 Å². The number of nitrogens with zero attached hydrogens (tertiary/aromatic N) is 4. The zero-order valence-corrected chi connectivity index (χ0v) is 10.5. The molecule has 0 radical (unpaired) electrons. The van der Waals surface area contributed by atoms with E-state index in [0.717, 1.165) is 4.88 Å². The van der Waals surface area contributed by atoms with Gasteiger partial charge < -0.3 is 15.4 Å². The van der Waals surface area contributed by atoms with Crippen LogP contribution in [0.4, 0.5) is 5.82 Å². The number of thiophene rings is 1. The van der Waals surface area contributed by atoms with Gasteiger partial charge >= 0.3 is 5.97 Å². The Balaban J connectivity index is 1.96. The average molecular weight is 275 g/mol. The van der Waals surface area contributed by atoms with Crippen molar-refractivity contribution in [3.05, 3.63) is 34.5 Å². The lowest BCUT2D eigenvalue weighted by atomic mass is 10.4. The molecule has 0 aliphatic rings. The maximum Gasteiger partial charge on any atom is 0.345 e. The SMILES string of the molecule is Nc1ncnc2c1ncn2Cc1ccc(C(=O)O)s1. The molecule has 0 aliphatic carbocycles. The fourth-order valence-corrected chi connectivity index (χ4v) is 2.61. The highest BCUT2D eigenvalue weighted by Gasteiger charge is 2.11. The Morgan fingerprint density at radius 1 is 1.37 bits per heavy atom. The summed E-state index contributed by atoms with van der Waals surface area (Å²) in [6.45, 7) is 0.505. The lowest BCUT2D eigenvalue weighted by Gasteiger charge is -2.00. The summed E-state index contributed by atoms with van der Waals surface area (Å²) in [4.78, 5) is 24.2. The van der Waals surface area contributed by atoms with Crippen LogP contribution in [0.5, 0.6) is 0 Å². The number of fused-ring (bicyclic) bond motifs is 1. The first-order valence-corrected chi connectivity index (χ1v) is 6.20. The van der Waals surface area contributed by atoms with Crippen molar-refractivity contribution in [3.8, 4) is 0 Å². The number of carboxylic acid groups (broad SMARTS) is 1. The number of aromatic carboxylic acids is 1. The van der Waals surface area contributed by atoms with E-state index < -0.39 is 5.97 Å². The molecule has 3 N–H and O–H groups in total. The first kappa shape index (κ1) is 11.6. The molecule has 0 bridgehead atoms. The Labute approximate surface area is 111 Å². The van der Waals surface area contributed by atoms with Crippen LogP contribution in [-0.4, -0.2) is 30.6 Å². The molecule has 96 valence electrons. The van der Waals surface area contributed by atoms with E-state index >= 15 is 0 Å². The second kappa shape index (κ2) is 4.32. The molecular formula is C11H9N5O2S. The van der Waals surface area contributed by atoms with Crippen LogP contribution in [0.1, 0.15) is 14.5 Å². The summed E-state index contributed by atoms with van der Waals surface area (Å²) >= 11 is 1.23. The number of carboxylic acids is 1. The number of hydrogen-bond acceptors (Lipinski definition) is 6. The average Bonchev–Trinajstić information content (AvgIpc) is 2.98. The van der Waals surface area contributed by atoms with Gasteiger partial charge in [0.1, 0.15) is 16.7 Å². The van der Waals surface area contributed by atoms with Gasteiger partial charge in [0.15, 0.2) is 11.5 Å². The van der Waals surface area contributed by atoms with Crippen LogP contribution in [0.3, 0.4) is 0 Å². The Kier molecular flexibility index (Phi) is 2.64. The Hall–Kier alpha value is -2.48. The van der Waals surface area contributed by atoms with Crippen molar-refractivity contribution in [1.82, 2.24) is 19.5 Å². The molecule has 3 rings (SSSR count). The highest BCUT2D eigenvalue weighted by Crippen LogP contribution is 2.20. The summed E-state index contributed by atoms with van der Waals surface area (Å²) in [5.74, 6) is -0.584. The molecule has 0 spiro atoms. The van der Waals surface area contributed by atoms with Gasteiger partial charge in [0.05, 0.1) is 12.9 Å². The van der Waals surface area contributed by atoms with Gasteiger partial charge in [-0.25, -0.2) is 19.7 Å². The number of hydrogen-bond donors (Lipinski definition) is 2. The first-order chi connectivity index (χ1) is 9.15. The van der Waals surface area contributed by atoms with Crippen LogP contribution in [-0.2, 0) is 6.54 Å². The number of nitrogens with two attached hydrogens (primary N) is 1. The largest absolute Gasteiger partial charge is 0.477 e. The minimum atomic E-state index is -0.918. The molecule has 0 saturated carbocycles. The number of aromatic nitrogens is 4. The van der Waals surface area contributed by atoms with E-state index in [1.165, 1.54) is 17.7 Å². The maximum absolute atomic E-state index is 10.8. The first-order valence-electron chi connectivity index (χ1n) is 5.38. The van der Waals surface area contributed by atoms with E-state index in [1.54, 1.807) is 18.5 Å². The third-order valence-electron chi connectivity index (χ3n) is 2.63. The molecule has 0 aromatic carbocycles. The van der Waals surface area contributed by atoms with Crippen molar-refractivity contribution < 1.29 is 9.90 Å². The molecule has 8 heteroatoms. The molecule has 19 heavy (non-hydrogen) atoms. The zero-order valence-electron chi connectivity index (χ0n) is 9.65. The predicted molar refractivity (Wildman–Crippen MR) is 70.1 cm³/mol. The summed E-state index contributed by atoms with van der Waals surface area (Å²) in [6, 6.07) is 3.37. The summed E-state index contributed by atoms with van der Waals surface area (Å²) in [7, 11) is 0. The quantitative estimate of drug-likeness (QED) is 0.744. The topological polar surface area (TPSA) is 107 Å². The monoisotopic (exact) mass is 275 g/mol. The van der Waals surface area contributed by atoms with Gasteiger partial charge in [-0.3, -0.25) is 0 Å². The van der Waals surface area contributed by atoms with Crippen molar-refractivity contribution in [2.24, 2.45) is 0 Å². The molecule has 7 nitrogen and oxygen atoms in total. The van der Waals surface area contributed by atoms with Gasteiger partial charge in [0.25, 0.3) is 0 Å². The lowest BCUT2D eigenvalue weighted by molar-refractivity contribution is 0.0702. The van der Waals surface area contributed by atoms with Crippen LogP contribution < -0.4 is 5.73 Å². The van der Waals surface area contributed by atoms with Crippen LogP contribution in [0, 0.1) is 0 Å². The van der Waals surface area contributed by atoms with E-state index in [2.05, 4.69) is 15.0 Å². The van der Waals surface area contributed by atoms with Crippen LogP contribution in [0.2, 0.25) is 0 Å². The van der Waals surface area contributed by atoms with Crippen LogP contribution in [0.15, 0.2) is 24.8 Å². The zero-order chi connectivity index (χ0) is 13.4. The van der Waals surface area contributed by atoms with Gasteiger partial charge in [0, 0.05) is 4.88 Å². The van der Waals surface area contributed by atoms with E-state index in [-0.39, 0.29) is 0 Å². The number of anilines is 1. The normalized spacial score (nSPS) is 10.9. The van der Waals surface area contributed by atoms with Crippen molar-refractivity contribution in [2.45, 2.75) is 6.54 Å². The number of imidazole rings is 1. The second-order valence-corrected chi connectivity index (χ2v) is 5.04. The van der Waals surface area contributed by atoms with Crippen LogP contribution >= 0.6 is 11.3 Å². The number of carbonyl (C=O) groups is 1. The van der Waals surface area contributed by atoms with E-state index in [0.29, 0.717) is 28.4 Å². The summed E-state index contributed by atoms with van der Waals surface area (Å²) in [5.41, 5.74) is 6.89. The highest BCUT2D eigenvalue weighted by atomic mass is 32.1. The van der Waals surface area contributed by atoms with Crippen molar-refractivity contribution >= 4 is 34.3 Å². The van der Waals surface area contributed by atoms with Gasteiger partial charge in [-0.2, -0.15) is 0 Å². The summed E-state index contributed by atoms with van der Waals surface area (Å²) in [5, 5.41) is 8.89.